The maximum absolute atomic E-state index is 9.44. The molecule has 0 aliphatic heterocycles. The number of methoxy groups -OCH3 is 1. The molecular weight excluding hydrogens is 356 g/mol. The molecule has 2 rings (SSSR count). The molecule has 0 fully saturated rings. The molecule has 0 heterocycles. The largest absolute Gasteiger partial charge is 0.497 e. The number of nitrogens with zero attached hydrogens (tertiary/aromatic N) is 2. The Morgan fingerprint density at radius 1 is 1.33 bits per heavy atom. The van der Waals surface area contributed by atoms with E-state index in [0.29, 0.717) is 32.1 Å². The fourth-order valence-corrected chi connectivity index (χ4v) is 2.52. The molecule has 0 unspecified atom stereocenters. The lowest BCUT2D eigenvalue weighted by molar-refractivity contribution is 0.320. The molecule has 0 aromatic heterocycles. The fraction of sp³-hybridized carbons (Fsp3) is 0.0667. The fourth-order valence-electron chi connectivity index (χ4n) is 1.84. The van der Waals surface area contributed by atoms with Gasteiger partial charge >= 0.3 is 0 Å². The average molecular weight is 366 g/mol. The van der Waals surface area contributed by atoms with Crippen molar-refractivity contribution in [3.63, 3.8) is 0 Å². The zero-order valence-electron chi connectivity index (χ0n) is 11.0. The molecule has 0 saturated heterocycles. The molecule has 1 aromatic carbocycles. The van der Waals surface area contributed by atoms with Crippen LogP contribution in [0.3, 0.4) is 0 Å². The van der Waals surface area contributed by atoms with Gasteiger partial charge < -0.3 is 9.94 Å². The van der Waals surface area contributed by atoms with E-state index in [2.05, 4.69) is 27.2 Å². The van der Waals surface area contributed by atoms with Crippen molar-refractivity contribution in [2.24, 2.45) is 5.16 Å². The maximum atomic E-state index is 9.44. The molecule has 4 nitrogen and oxygen atoms in total. The number of hydrogen-bond acceptors (Lipinski definition) is 4. The molecule has 21 heavy (non-hydrogen) atoms. The highest BCUT2D eigenvalue weighted by Gasteiger charge is 2.18. The monoisotopic (exact) mass is 364 g/mol. The predicted octanol–water partition coefficient (Wildman–Crippen LogP) is 4.22. The summed E-state index contributed by atoms with van der Waals surface area (Å²) in [6, 6.07) is 9.26. The molecule has 0 amide bonds. The Balaban J connectivity index is 2.56. The van der Waals surface area contributed by atoms with Gasteiger partial charge in [0.15, 0.2) is 0 Å². The molecule has 1 aliphatic carbocycles. The summed E-state index contributed by atoms with van der Waals surface area (Å²) in [6.45, 7) is 0. The van der Waals surface area contributed by atoms with Gasteiger partial charge in [0.25, 0.3) is 0 Å². The molecule has 1 aliphatic rings. The van der Waals surface area contributed by atoms with Crippen molar-refractivity contribution in [2.45, 2.75) is 0 Å². The van der Waals surface area contributed by atoms with Crippen LogP contribution in [0.4, 0.5) is 0 Å². The van der Waals surface area contributed by atoms with Gasteiger partial charge in [-0.1, -0.05) is 16.8 Å². The minimum atomic E-state index is 0.302. The lowest BCUT2D eigenvalue weighted by atomic mass is 9.97. The van der Waals surface area contributed by atoms with Gasteiger partial charge in [0.05, 0.1) is 17.7 Å². The molecule has 0 radical (unpaired) electrons. The number of nitriles is 1. The zero-order valence-corrected chi connectivity index (χ0v) is 13.3. The Kier molecular flexibility index (Phi) is 4.84. The molecule has 1 N–H and O–H groups in total. The number of hydrogen-bond donors (Lipinski definition) is 1. The first-order valence-corrected chi connectivity index (χ1v) is 7.03. The van der Waals surface area contributed by atoms with Crippen LogP contribution < -0.4 is 4.74 Å². The van der Waals surface area contributed by atoms with Crippen molar-refractivity contribution < 1.29 is 9.94 Å². The Morgan fingerprint density at radius 2 is 2.00 bits per heavy atom. The summed E-state index contributed by atoms with van der Waals surface area (Å²) in [5, 5.41) is 21.7. The van der Waals surface area contributed by atoms with Crippen LogP contribution in [0.25, 0.3) is 5.57 Å². The van der Waals surface area contributed by atoms with Gasteiger partial charge in [-0.3, -0.25) is 0 Å². The van der Waals surface area contributed by atoms with Crippen LogP contribution in [0.1, 0.15) is 5.56 Å². The minimum absolute atomic E-state index is 0.302. The summed E-state index contributed by atoms with van der Waals surface area (Å²) in [4.78, 5) is 0. The number of ether oxygens (including phenoxy) is 1. The third-order valence-corrected chi connectivity index (χ3v) is 3.85. The van der Waals surface area contributed by atoms with E-state index in [4.69, 9.17) is 21.5 Å². The zero-order chi connectivity index (χ0) is 15.4. The Morgan fingerprint density at radius 3 is 2.52 bits per heavy atom. The summed E-state index contributed by atoms with van der Waals surface area (Å²) in [5.41, 5.74) is 2.01. The third kappa shape index (κ3) is 3.18. The Hall–Kier alpha value is -2.03. The quantitative estimate of drug-likeness (QED) is 0.485. The van der Waals surface area contributed by atoms with Crippen LogP contribution in [0.15, 0.2) is 56.7 Å². The first-order valence-electron chi connectivity index (χ1n) is 5.86. The minimum Gasteiger partial charge on any atom is -0.497 e. The second-order valence-electron chi connectivity index (χ2n) is 4.10. The van der Waals surface area contributed by atoms with Crippen molar-refractivity contribution >= 4 is 38.8 Å². The van der Waals surface area contributed by atoms with Crippen molar-refractivity contribution in [3.8, 4) is 11.8 Å². The van der Waals surface area contributed by atoms with Gasteiger partial charge in [-0.2, -0.15) is 5.26 Å². The highest BCUT2D eigenvalue weighted by molar-refractivity contribution is 9.12. The summed E-state index contributed by atoms with van der Waals surface area (Å²) in [5.74, 6) is 0.706. The van der Waals surface area contributed by atoms with E-state index in [9.17, 15) is 5.26 Å². The van der Waals surface area contributed by atoms with Crippen LogP contribution in [-0.2, 0) is 0 Å². The highest BCUT2D eigenvalue weighted by atomic mass is 79.9. The van der Waals surface area contributed by atoms with Crippen LogP contribution in [0.2, 0.25) is 0 Å². The summed E-state index contributed by atoms with van der Waals surface area (Å²) >= 11 is 9.45. The van der Waals surface area contributed by atoms with Crippen LogP contribution in [-0.4, -0.2) is 18.0 Å². The van der Waals surface area contributed by atoms with Crippen LogP contribution in [0, 0.1) is 11.3 Å². The van der Waals surface area contributed by atoms with Gasteiger partial charge in [-0.25, -0.2) is 0 Å². The van der Waals surface area contributed by atoms with Gasteiger partial charge in [0.1, 0.15) is 17.5 Å². The molecule has 6 heteroatoms. The van der Waals surface area contributed by atoms with Gasteiger partial charge in [0.2, 0.25) is 0 Å². The van der Waals surface area contributed by atoms with E-state index in [1.807, 2.05) is 0 Å². The van der Waals surface area contributed by atoms with E-state index in [0.717, 1.165) is 5.56 Å². The van der Waals surface area contributed by atoms with Gasteiger partial charge in [-0.05, 0) is 57.9 Å². The van der Waals surface area contributed by atoms with E-state index < -0.39 is 0 Å². The van der Waals surface area contributed by atoms with Crippen LogP contribution in [0.5, 0.6) is 5.75 Å². The number of oxime groups is 1. The first-order chi connectivity index (χ1) is 10.1. The topological polar surface area (TPSA) is 65.6 Å². The molecule has 0 bridgehead atoms. The van der Waals surface area contributed by atoms with Gasteiger partial charge in [-0.15, -0.1) is 0 Å². The predicted molar refractivity (Wildman–Crippen MR) is 85.7 cm³/mol. The maximum Gasteiger partial charge on any atom is 0.118 e. The van der Waals surface area contributed by atoms with Crippen molar-refractivity contribution in [3.05, 3.63) is 57.1 Å². The third-order valence-electron chi connectivity index (χ3n) is 2.90. The van der Waals surface area contributed by atoms with E-state index >= 15 is 0 Å². The SMILES string of the molecule is COc1ccc(/C(C#N)=C2C=C(Br)/C(=N/O)C=C\2Cl)cc1. The highest BCUT2D eigenvalue weighted by Crippen LogP contribution is 2.33. The first kappa shape index (κ1) is 15.4. The lowest BCUT2D eigenvalue weighted by Gasteiger charge is -2.12. The average Bonchev–Trinajstić information content (AvgIpc) is 2.51. The molecule has 106 valence electrons. The van der Waals surface area contributed by atoms with E-state index in [-0.39, 0.29) is 0 Å². The van der Waals surface area contributed by atoms with E-state index in [1.54, 1.807) is 37.5 Å². The number of benzene rings is 1. The molecule has 0 spiro atoms. The molecule has 0 atom stereocenters. The van der Waals surface area contributed by atoms with E-state index in [1.165, 1.54) is 6.08 Å². The molecule has 1 aromatic rings. The second-order valence-corrected chi connectivity index (χ2v) is 5.36. The normalized spacial score (nSPS) is 18.7. The Bertz CT molecular complexity index is 725. The van der Waals surface area contributed by atoms with Gasteiger partial charge in [0, 0.05) is 10.1 Å². The number of allylic oxidation sites excluding steroid dienone is 6. The summed E-state index contributed by atoms with van der Waals surface area (Å²) < 4.78 is 5.64. The summed E-state index contributed by atoms with van der Waals surface area (Å²) in [7, 11) is 1.58. The van der Waals surface area contributed by atoms with Crippen LogP contribution >= 0.6 is 27.5 Å². The van der Waals surface area contributed by atoms with Crippen molar-refractivity contribution in [1.29, 1.82) is 5.26 Å². The second kappa shape index (κ2) is 6.61. The number of halogens is 2. The molecular formula is C15H10BrClN2O2. The number of rotatable bonds is 2. The Labute approximate surface area is 135 Å². The lowest BCUT2D eigenvalue weighted by Crippen LogP contribution is -2.03. The standard InChI is InChI=1S/C15H10BrClN2O2/c1-21-10-4-2-9(3-5-10)12(8-18)11-6-13(16)15(19-20)7-14(11)17/h2-7,20H,1H3/b12-11+,19-15+. The van der Waals surface area contributed by atoms with Crippen molar-refractivity contribution in [2.75, 3.05) is 7.11 Å². The molecule has 0 saturated carbocycles. The summed E-state index contributed by atoms with van der Waals surface area (Å²) in [6.07, 6.45) is 3.14. The smallest absolute Gasteiger partial charge is 0.118 e. The van der Waals surface area contributed by atoms with Crippen molar-refractivity contribution in [1.82, 2.24) is 0 Å².